The minimum absolute atomic E-state index is 0.0380. The second-order valence-corrected chi connectivity index (χ2v) is 6.49. The van der Waals surface area contributed by atoms with Gasteiger partial charge in [-0.25, -0.2) is 0 Å². The first kappa shape index (κ1) is 12.7. The van der Waals surface area contributed by atoms with E-state index in [0.717, 1.165) is 5.69 Å². The Balaban J connectivity index is 2.14. The Kier molecular flexibility index (Phi) is 2.92. The molecule has 102 valence electrons. The maximum absolute atomic E-state index is 11.5. The fourth-order valence-corrected chi connectivity index (χ4v) is 4.37. The van der Waals surface area contributed by atoms with Crippen LogP contribution in [0, 0.1) is 6.92 Å². The molecule has 1 N–H and O–H groups in total. The number of aryl methyl sites for hydroxylation is 1. The van der Waals surface area contributed by atoms with E-state index in [0.29, 0.717) is 11.3 Å². The zero-order valence-electron chi connectivity index (χ0n) is 12.2. The number of hydrogen-bond donors (Lipinski definition) is 1. The van der Waals surface area contributed by atoms with E-state index < -0.39 is 0 Å². The molecular formula is C17H23NO. The summed E-state index contributed by atoms with van der Waals surface area (Å²) < 4.78 is 0. The van der Waals surface area contributed by atoms with Gasteiger partial charge in [-0.1, -0.05) is 31.9 Å². The Morgan fingerprint density at radius 3 is 2.63 bits per heavy atom. The van der Waals surface area contributed by atoms with Crippen LogP contribution in [0.5, 0.6) is 0 Å². The van der Waals surface area contributed by atoms with Gasteiger partial charge in [-0.3, -0.25) is 4.79 Å². The van der Waals surface area contributed by atoms with Crippen molar-refractivity contribution in [2.24, 2.45) is 0 Å². The van der Waals surface area contributed by atoms with Gasteiger partial charge in [-0.15, -0.1) is 0 Å². The molecule has 1 saturated carbocycles. The average Bonchev–Trinajstić information content (AvgIpc) is 2.90. The topological polar surface area (TPSA) is 29.1 Å². The maximum Gasteiger partial charge on any atom is 0.221 e. The van der Waals surface area contributed by atoms with E-state index in [2.05, 4.69) is 31.3 Å². The highest BCUT2D eigenvalue weighted by Gasteiger charge is 2.45. The van der Waals surface area contributed by atoms with Crippen LogP contribution in [0.4, 0.5) is 5.69 Å². The van der Waals surface area contributed by atoms with Crippen LogP contribution in [-0.4, -0.2) is 5.91 Å². The van der Waals surface area contributed by atoms with Gasteiger partial charge in [0.05, 0.1) is 0 Å². The number of amides is 1. The summed E-state index contributed by atoms with van der Waals surface area (Å²) in [7, 11) is 0. The van der Waals surface area contributed by atoms with Gasteiger partial charge in [0.2, 0.25) is 5.91 Å². The van der Waals surface area contributed by atoms with Gasteiger partial charge in [-0.05, 0) is 54.2 Å². The number of fused-ring (bicyclic) bond motifs is 2. The van der Waals surface area contributed by atoms with Gasteiger partial charge in [0.1, 0.15) is 0 Å². The standard InChI is InChI=1S/C17H23NO/c1-11-6-7-14-15(16(11)18-13(3)19)12(2)10-17(14)8-4-5-9-17/h6-7,12H,4-5,8-10H2,1-3H3,(H,18,19)/t12-/m1/s1. The largest absolute Gasteiger partial charge is 0.326 e. The molecule has 1 aromatic rings. The van der Waals surface area contributed by atoms with E-state index in [1.165, 1.54) is 48.8 Å². The number of nitrogens with one attached hydrogen (secondary N) is 1. The smallest absolute Gasteiger partial charge is 0.221 e. The van der Waals surface area contributed by atoms with Crippen LogP contribution >= 0.6 is 0 Å². The second-order valence-electron chi connectivity index (χ2n) is 6.49. The summed E-state index contributed by atoms with van der Waals surface area (Å²) in [6.07, 6.45) is 6.63. The maximum atomic E-state index is 11.5. The molecule has 0 bridgehead atoms. The molecule has 2 aliphatic rings. The number of carbonyl (C=O) groups excluding carboxylic acids is 1. The molecule has 1 fully saturated rings. The highest BCUT2D eigenvalue weighted by Crippen LogP contribution is 2.56. The van der Waals surface area contributed by atoms with Crippen molar-refractivity contribution in [3.05, 3.63) is 28.8 Å². The SMILES string of the molecule is CC(=O)Nc1c(C)ccc2c1[C@H](C)CC21CCCC1. The van der Waals surface area contributed by atoms with Crippen LogP contribution in [0.25, 0.3) is 0 Å². The van der Waals surface area contributed by atoms with Crippen LogP contribution in [0.2, 0.25) is 0 Å². The number of anilines is 1. The number of carbonyl (C=O) groups is 1. The van der Waals surface area contributed by atoms with Gasteiger partial charge in [0.25, 0.3) is 0 Å². The molecule has 1 amide bonds. The van der Waals surface area contributed by atoms with E-state index in [1.54, 1.807) is 6.92 Å². The van der Waals surface area contributed by atoms with Crippen LogP contribution in [0.1, 0.15) is 68.6 Å². The van der Waals surface area contributed by atoms with Crippen LogP contribution in [-0.2, 0) is 10.2 Å². The van der Waals surface area contributed by atoms with E-state index in [-0.39, 0.29) is 5.91 Å². The van der Waals surface area contributed by atoms with E-state index in [4.69, 9.17) is 0 Å². The molecule has 0 aromatic heterocycles. The van der Waals surface area contributed by atoms with Crippen LogP contribution in [0.15, 0.2) is 12.1 Å². The Hall–Kier alpha value is -1.31. The molecule has 0 radical (unpaired) electrons. The molecule has 0 heterocycles. The van der Waals surface area contributed by atoms with Gasteiger partial charge in [0.15, 0.2) is 0 Å². The van der Waals surface area contributed by atoms with Gasteiger partial charge < -0.3 is 5.32 Å². The molecule has 2 nitrogen and oxygen atoms in total. The van der Waals surface area contributed by atoms with Crippen molar-refractivity contribution >= 4 is 11.6 Å². The zero-order chi connectivity index (χ0) is 13.6. The second kappa shape index (κ2) is 4.36. The molecule has 1 atom stereocenters. The lowest BCUT2D eigenvalue weighted by atomic mass is 9.79. The highest BCUT2D eigenvalue weighted by atomic mass is 16.1. The molecule has 1 aromatic carbocycles. The Labute approximate surface area is 115 Å². The average molecular weight is 257 g/mol. The molecule has 1 spiro atoms. The first-order chi connectivity index (χ1) is 9.03. The summed E-state index contributed by atoms with van der Waals surface area (Å²) in [5, 5.41) is 3.07. The van der Waals surface area contributed by atoms with Crippen molar-refractivity contribution in [3.63, 3.8) is 0 Å². The van der Waals surface area contributed by atoms with E-state index in [9.17, 15) is 4.79 Å². The summed E-state index contributed by atoms with van der Waals surface area (Å²) in [5.74, 6) is 0.603. The Bertz CT molecular complexity index is 526. The molecule has 0 saturated heterocycles. The molecule has 19 heavy (non-hydrogen) atoms. The first-order valence-electron chi connectivity index (χ1n) is 7.45. The monoisotopic (exact) mass is 257 g/mol. The predicted molar refractivity (Wildman–Crippen MR) is 78.7 cm³/mol. The lowest BCUT2D eigenvalue weighted by Crippen LogP contribution is -2.18. The first-order valence-corrected chi connectivity index (χ1v) is 7.45. The number of hydrogen-bond acceptors (Lipinski definition) is 1. The summed E-state index contributed by atoms with van der Waals surface area (Å²) >= 11 is 0. The fourth-order valence-electron chi connectivity index (χ4n) is 4.37. The van der Waals surface area contributed by atoms with E-state index >= 15 is 0 Å². The summed E-state index contributed by atoms with van der Waals surface area (Å²) in [4.78, 5) is 11.5. The molecule has 0 unspecified atom stereocenters. The van der Waals surface area contributed by atoms with Crippen molar-refractivity contribution in [1.82, 2.24) is 0 Å². The minimum Gasteiger partial charge on any atom is -0.326 e. The zero-order valence-corrected chi connectivity index (χ0v) is 12.2. The van der Waals surface area contributed by atoms with Gasteiger partial charge in [-0.2, -0.15) is 0 Å². The van der Waals surface area contributed by atoms with E-state index in [1.807, 2.05) is 0 Å². The van der Waals surface area contributed by atoms with Crippen molar-refractivity contribution in [2.45, 2.75) is 64.2 Å². The van der Waals surface area contributed by atoms with Crippen LogP contribution in [0.3, 0.4) is 0 Å². The fraction of sp³-hybridized carbons (Fsp3) is 0.588. The van der Waals surface area contributed by atoms with Gasteiger partial charge in [0, 0.05) is 12.6 Å². The molecule has 2 aliphatic carbocycles. The van der Waals surface area contributed by atoms with Gasteiger partial charge >= 0.3 is 0 Å². The van der Waals surface area contributed by atoms with Crippen molar-refractivity contribution in [2.75, 3.05) is 5.32 Å². The van der Waals surface area contributed by atoms with Crippen molar-refractivity contribution in [1.29, 1.82) is 0 Å². The predicted octanol–water partition coefficient (Wildman–Crippen LogP) is 4.27. The molecule has 3 rings (SSSR count). The summed E-state index contributed by atoms with van der Waals surface area (Å²) in [6.45, 7) is 6.01. The normalized spacial score (nSPS) is 23.6. The Morgan fingerprint density at radius 2 is 2.00 bits per heavy atom. The third-order valence-electron chi connectivity index (χ3n) is 5.08. The highest BCUT2D eigenvalue weighted by molar-refractivity contribution is 5.91. The molecule has 0 aliphatic heterocycles. The number of rotatable bonds is 1. The minimum atomic E-state index is 0.0380. The quantitative estimate of drug-likeness (QED) is 0.799. The number of benzene rings is 1. The summed E-state index contributed by atoms with van der Waals surface area (Å²) in [6, 6.07) is 4.51. The third-order valence-corrected chi connectivity index (χ3v) is 5.08. The molecular weight excluding hydrogens is 234 g/mol. The third kappa shape index (κ3) is 1.89. The van der Waals surface area contributed by atoms with Crippen molar-refractivity contribution < 1.29 is 4.79 Å². The Morgan fingerprint density at radius 1 is 1.32 bits per heavy atom. The lowest BCUT2D eigenvalue weighted by Gasteiger charge is -2.25. The lowest BCUT2D eigenvalue weighted by molar-refractivity contribution is -0.114. The van der Waals surface area contributed by atoms with Crippen LogP contribution < -0.4 is 5.32 Å². The van der Waals surface area contributed by atoms with Crippen molar-refractivity contribution in [3.8, 4) is 0 Å². The summed E-state index contributed by atoms with van der Waals surface area (Å²) in [5.41, 5.74) is 5.62. The molecule has 2 heteroatoms.